The van der Waals surface area contributed by atoms with Crippen LogP contribution in [-0.2, 0) is 5.41 Å². The zero-order valence-electron chi connectivity index (χ0n) is 34.1. The Labute approximate surface area is 339 Å². The zero-order valence-corrected chi connectivity index (χ0v) is 34.1. The van der Waals surface area contributed by atoms with Gasteiger partial charge < -0.3 is 4.42 Å². The lowest BCUT2D eigenvalue weighted by atomic mass is 9.80. The first-order valence-corrected chi connectivity index (χ1v) is 19.4. The number of benzene rings is 6. The second-order valence-corrected chi connectivity index (χ2v) is 14.9. The largest absolute Gasteiger partial charge is 0.457 e. The van der Waals surface area contributed by atoms with Crippen LogP contribution in [0.25, 0.3) is 80.8 Å². The average molecular weight is 741 g/mol. The molecule has 0 saturated heterocycles. The molecule has 0 N–H and O–H groups in total. The number of allylic oxidation sites excluding steroid dienone is 1. The van der Waals surface area contributed by atoms with Crippen LogP contribution in [0.4, 0.5) is 0 Å². The molecule has 1 aromatic heterocycles. The van der Waals surface area contributed by atoms with Crippen LogP contribution < -0.4 is 10.6 Å². The van der Waals surface area contributed by atoms with E-state index in [9.17, 15) is 0 Å². The normalized spacial score (nSPS) is 12.4. The summed E-state index contributed by atoms with van der Waals surface area (Å²) in [7, 11) is 0. The van der Waals surface area contributed by atoms with Crippen molar-refractivity contribution in [1.82, 2.24) is 0 Å². The summed E-state index contributed by atoms with van der Waals surface area (Å²) < 4.78 is 5.54. The van der Waals surface area contributed by atoms with Crippen LogP contribution in [0.2, 0.25) is 0 Å². The van der Waals surface area contributed by atoms with E-state index < -0.39 is 0 Å². The Morgan fingerprint density at radius 3 is 1.67 bits per heavy atom. The van der Waals surface area contributed by atoms with Crippen molar-refractivity contribution in [1.29, 1.82) is 0 Å². The number of rotatable bonds is 7. The summed E-state index contributed by atoms with van der Waals surface area (Å²) >= 11 is 0. The van der Waals surface area contributed by atoms with Gasteiger partial charge in [-0.15, -0.1) is 0 Å². The van der Waals surface area contributed by atoms with Crippen molar-refractivity contribution < 1.29 is 4.42 Å². The van der Waals surface area contributed by atoms with Gasteiger partial charge in [0, 0.05) is 16.0 Å². The van der Waals surface area contributed by atoms with E-state index in [0.29, 0.717) is 5.42 Å². The molecule has 282 valence electrons. The number of furan rings is 1. The fraction of sp³-hybridized carbons (Fsp3) is 0.107. The van der Waals surface area contributed by atoms with Gasteiger partial charge in [0.1, 0.15) is 11.0 Å². The molecule has 0 spiro atoms. The summed E-state index contributed by atoms with van der Waals surface area (Å²) in [5.41, 5.74) is 19.6. The standard InChI is InChI=1S/C36H32.C13H12O.C7H8/c1-8-26-23(5)21-34-35(29(26)11-4)32-18-17-25(22-33(32)36(34,6)7)31-20-19-30(24-15-13-12-14-16-24)27(9-2)28(31)10-3;1-4-9(2)13-10(3)14-12-8-6-5-7-11(12)13;1-7-5-3-2-4-6-7/h8-22H,1-4H2,5-7H3;4-8H,1,3H2,2H3;2-6H,1H3/b;13-9+;. The third-order valence-corrected chi connectivity index (χ3v) is 11.1. The van der Waals surface area contributed by atoms with Crippen molar-refractivity contribution in [2.24, 2.45) is 0 Å². The molecule has 0 bridgehead atoms. The third-order valence-electron chi connectivity index (χ3n) is 11.1. The van der Waals surface area contributed by atoms with E-state index in [2.05, 4.69) is 140 Å². The highest BCUT2D eigenvalue weighted by Crippen LogP contribution is 2.53. The highest BCUT2D eigenvalue weighted by Gasteiger charge is 2.37. The molecule has 1 heterocycles. The van der Waals surface area contributed by atoms with Crippen molar-refractivity contribution >= 4 is 47.4 Å². The van der Waals surface area contributed by atoms with Gasteiger partial charge in [-0.25, -0.2) is 0 Å². The first kappa shape index (κ1) is 40.0. The maximum atomic E-state index is 5.54. The summed E-state index contributed by atoms with van der Waals surface area (Å²) in [6.07, 6.45) is 9.67. The first-order chi connectivity index (χ1) is 27.5. The maximum Gasteiger partial charge on any atom is 0.135 e. The molecule has 1 aliphatic rings. The van der Waals surface area contributed by atoms with Gasteiger partial charge >= 0.3 is 0 Å². The smallest absolute Gasteiger partial charge is 0.135 e. The molecule has 1 heteroatoms. The van der Waals surface area contributed by atoms with Crippen molar-refractivity contribution in [2.75, 3.05) is 0 Å². The molecule has 1 aliphatic carbocycles. The van der Waals surface area contributed by atoms with Gasteiger partial charge in [0.25, 0.3) is 0 Å². The SMILES string of the molecule is C=C/C(C)=c1\c(=C)oc2ccccc12.C=Cc1c(C)cc2c(c1C=C)-c1ccc(-c3ccc(-c4ccccc4)c(C=C)c3C=C)cc1C2(C)C.Cc1ccccc1. The molecular weight excluding hydrogens is 689 g/mol. The average Bonchev–Trinajstić information content (AvgIpc) is 3.69. The molecule has 0 radical (unpaired) electrons. The van der Waals surface area contributed by atoms with Gasteiger partial charge in [0.2, 0.25) is 0 Å². The molecule has 57 heavy (non-hydrogen) atoms. The molecule has 0 atom stereocenters. The summed E-state index contributed by atoms with van der Waals surface area (Å²) in [6, 6.07) is 42.3. The molecular formula is C56H52O. The first-order valence-electron chi connectivity index (χ1n) is 19.4. The summed E-state index contributed by atoms with van der Waals surface area (Å²) in [4.78, 5) is 0. The molecule has 7 aromatic rings. The minimum absolute atomic E-state index is 0.123. The minimum atomic E-state index is -0.123. The molecule has 6 aromatic carbocycles. The predicted molar refractivity (Wildman–Crippen MR) is 251 cm³/mol. The van der Waals surface area contributed by atoms with E-state index in [1.54, 1.807) is 0 Å². The summed E-state index contributed by atoms with van der Waals surface area (Å²) in [5, 5.41) is 2.17. The molecule has 1 nitrogen and oxygen atoms in total. The fourth-order valence-corrected chi connectivity index (χ4v) is 8.08. The van der Waals surface area contributed by atoms with E-state index in [4.69, 9.17) is 4.42 Å². The van der Waals surface area contributed by atoms with Crippen molar-refractivity contribution in [3.8, 4) is 33.4 Å². The molecule has 0 saturated carbocycles. The van der Waals surface area contributed by atoms with Crippen molar-refractivity contribution in [2.45, 2.75) is 40.0 Å². The summed E-state index contributed by atoms with van der Waals surface area (Å²) in [6.45, 7) is 35.1. The number of fused-ring (bicyclic) bond motifs is 4. The monoisotopic (exact) mass is 740 g/mol. The lowest BCUT2D eigenvalue weighted by Crippen LogP contribution is -2.20. The minimum Gasteiger partial charge on any atom is -0.457 e. The molecule has 0 fully saturated rings. The van der Waals surface area contributed by atoms with Crippen LogP contribution in [-0.4, -0.2) is 0 Å². The van der Waals surface area contributed by atoms with E-state index in [-0.39, 0.29) is 5.41 Å². The topological polar surface area (TPSA) is 13.1 Å². The molecule has 8 rings (SSSR count). The van der Waals surface area contributed by atoms with Gasteiger partial charge in [0.05, 0.1) is 0 Å². The second kappa shape index (κ2) is 17.0. The van der Waals surface area contributed by atoms with Gasteiger partial charge in [-0.3, -0.25) is 0 Å². The molecule has 0 amide bonds. The number of aryl methyl sites for hydroxylation is 2. The van der Waals surface area contributed by atoms with Crippen LogP contribution >= 0.6 is 0 Å². The Balaban J connectivity index is 0.000000212. The Morgan fingerprint density at radius 1 is 0.561 bits per heavy atom. The van der Waals surface area contributed by atoms with E-state index in [0.717, 1.165) is 38.5 Å². The Morgan fingerprint density at radius 2 is 1.11 bits per heavy atom. The van der Waals surface area contributed by atoms with Crippen LogP contribution in [0.5, 0.6) is 0 Å². The van der Waals surface area contributed by atoms with E-state index in [1.165, 1.54) is 61.2 Å². The van der Waals surface area contributed by atoms with Crippen LogP contribution in [0, 0.1) is 13.8 Å². The molecule has 0 aliphatic heterocycles. The van der Waals surface area contributed by atoms with Gasteiger partial charge in [-0.2, -0.15) is 0 Å². The van der Waals surface area contributed by atoms with Gasteiger partial charge in [0.15, 0.2) is 0 Å². The van der Waals surface area contributed by atoms with E-state index in [1.807, 2.05) is 85.8 Å². The fourth-order valence-electron chi connectivity index (χ4n) is 8.08. The maximum absolute atomic E-state index is 5.54. The second-order valence-electron chi connectivity index (χ2n) is 14.9. The Kier molecular flexibility index (Phi) is 11.9. The number of hydrogen-bond acceptors (Lipinski definition) is 1. The highest BCUT2D eigenvalue weighted by atomic mass is 16.3. The van der Waals surface area contributed by atoms with Crippen LogP contribution in [0.3, 0.4) is 0 Å². The Hall–Kier alpha value is -6.70. The highest BCUT2D eigenvalue weighted by molar-refractivity contribution is 5.94. The van der Waals surface area contributed by atoms with Crippen LogP contribution in [0.15, 0.2) is 165 Å². The van der Waals surface area contributed by atoms with Crippen molar-refractivity contribution in [3.05, 3.63) is 215 Å². The number of hydrogen-bond donors (Lipinski definition) is 0. The summed E-state index contributed by atoms with van der Waals surface area (Å²) in [5.74, 6) is 0. The lowest BCUT2D eigenvalue weighted by Gasteiger charge is -2.23. The zero-order chi connectivity index (χ0) is 40.9. The molecule has 0 unspecified atom stereocenters. The number of para-hydroxylation sites is 1. The van der Waals surface area contributed by atoms with Gasteiger partial charge in [-0.1, -0.05) is 198 Å². The quantitative estimate of drug-likeness (QED) is 0.159. The van der Waals surface area contributed by atoms with Gasteiger partial charge in [-0.05, 0) is 111 Å². The van der Waals surface area contributed by atoms with Crippen LogP contribution in [0.1, 0.15) is 65.3 Å². The van der Waals surface area contributed by atoms with Crippen molar-refractivity contribution in [3.63, 3.8) is 0 Å². The van der Waals surface area contributed by atoms with E-state index >= 15 is 0 Å². The third kappa shape index (κ3) is 7.62. The predicted octanol–water partition coefficient (Wildman–Crippen LogP) is 14.4. The Bertz CT molecular complexity index is 2770. The lowest BCUT2D eigenvalue weighted by molar-refractivity contribution is 0.577.